The highest BCUT2D eigenvalue weighted by Gasteiger charge is 2.45. The lowest BCUT2D eigenvalue weighted by molar-refractivity contribution is -0.156. The zero-order valence-electron chi connectivity index (χ0n) is 15.5. The normalized spacial score (nSPS) is 24.2. The first-order chi connectivity index (χ1) is 13.9. The Morgan fingerprint density at radius 1 is 0.931 bits per heavy atom. The first kappa shape index (κ1) is 23.1. The van der Waals surface area contributed by atoms with E-state index in [0.717, 1.165) is 11.1 Å². The fourth-order valence-electron chi connectivity index (χ4n) is 3.00. The van der Waals surface area contributed by atoms with Crippen LogP contribution in [0.4, 0.5) is 0 Å². The van der Waals surface area contributed by atoms with Crippen molar-refractivity contribution < 1.29 is 24.1 Å². The second-order valence-corrected chi connectivity index (χ2v) is 8.22. The number of ether oxygens (including phenoxy) is 4. The van der Waals surface area contributed by atoms with Gasteiger partial charge in [-0.25, -0.2) is 0 Å². The number of aliphatic hydroxyl groups is 1. The average molecular weight is 482 g/mol. The minimum absolute atomic E-state index is 0.165. The molecule has 2 aromatic rings. The number of hydrogen-bond acceptors (Lipinski definition) is 5. The van der Waals surface area contributed by atoms with E-state index in [1.165, 1.54) is 7.11 Å². The van der Waals surface area contributed by atoms with Crippen molar-refractivity contribution in [2.45, 2.75) is 37.8 Å². The molecule has 0 saturated carbocycles. The van der Waals surface area contributed by atoms with Gasteiger partial charge in [0.1, 0.15) is 18.3 Å². The Morgan fingerprint density at radius 2 is 1.66 bits per heavy atom. The number of aliphatic hydroxyl groups excluding tert-OH is 1. The molecular formula is C20H20Cl4O5. The van der Waals surface area contributed by atoms with Crippen LogP contribution in [0.3, 0.4) is 0 Å². The Balaban J connectivity index is 1.61. The van der Waals surface area contributed by atoms with Crippen LogP contribution in [-0.2, 0) is 32.2 Å². The number of benzene rings is 2. The highest BCUT2D eigenvalue weighted by atomic mass is 35.5. The van der Waals surface area contributed by atoms with Gasteiger partial charge in [-0.05, 0) is 41.5 Å². The van der Waals surface area contributed by atoms with Gasteiger partial charge in [-0.1, -0.05) is 52.5 Å². The molecule has 0 aromatic heterocycles. The standard InChI is InChI=1S/C20H20Cl4O5/c1-26-20-18(25)19(28-9-11-2-3-14(22)7-16(11)24)17(29-20)10-27-8-12-6-13(21)4-5-15(12)23/h2-7,17-20,25H,8-10H2,1H3/t17-,18-,19-,20+/m1/s1. The van der Waals surface area contributed by atoms with Crippen LogP contribution in [0.15, 0.2) is 36.4 Å². The van der Waals surface area contributed by atoms with Gasteiger partial charge < -0.3 is 24.1 Å². The number of hydrogen-bond donors (Lipinski definition) is 1. The topological polar surface area (TPSA) is 57.2 Å². The maximum atomic E-state index is 10.5. The molecule has 5 nitrogen and oxygen atoms in total. The van der Waals surface area contributed by atoms with Crippen LogP contribution >= 0.6 is 46.4 Å². The van der Waals surface area contributed by atoms with Crippen molar-refractivity contribution in [3.05, 3.63) is 67.6 Å². The Morgan fingerprint density at radius 3 is 2.38 bits per heavy atom. The molecule has 3 rings (SSSR count). The zero-order chi connectivity index (χ0) is 21.0. The van der Waals surface area contributed by atoms with Gasteiger partial charge in [-0.3, -0.25) is 0 Å². The van der Waals surface area contributed by atoms with Gasteiger partial charge in [0, 0.05) is 27.2 Å². The Bertz CT molecular complexity index is 835. The lowest BCUT2D eigenvalue weighted by Crippen LogP contribution is -2.37. The molecule has 0 radical (unpaired) electrons. The summed E-state index contributed by atoms with van der Waals surface area (Å²) in [6.07, 6.45) is -3.00. The molecule has 29 heavy (non-hydrogen) atoms. The van der Waals surface area contributed by atoms with Crippen molar-refractivity contribution in [3.63, 3.8) is 0 Å². The van der Waals surface area contributed by atoms with E-state index in [1.54, 1.807) is 36.4 Å². The van der Waals surface area contributed by atoms with Crippen molar-refractivity contribution in [3.8, 4) is 0 Å². The highest BCUT2D eigenvalue weighted by Crippen LogP contribution is 2.28. The van der Waals surface area contributed by atoms with Gasteiger partial charge in [0.2, 0.25) is 0 Å². The molecule has 4 atom stereocenters. The molecule has 1 fully saturated rings. The molecule has 0 aliphatic carbocycles. The molecular weight excluding hydrogens is 462 g/mol. The quantitative estimate of drug-likeness (QED) is 0.566. The summed E-state index contributed by atoms with van der Waals surface area (Å²) in [5.41, 5.74) is 1.50. The summed E-state index contributed by atoms with van der Waals surface area (Å²) in [6.45, 7) is 0.579. The van der Waals surface area contributed by atoms with Crippen LogP contribution in [0.1, 0.15) is 11.1 Å². The van der Waals surface area contributed by atoms with Crippen LogP contribution < -0.4 is 0 Å². The third-order valence-corrected chi connectivity index (χ3v) is 5.71. The predicted molar refractivity (Wildman–Crippen MR) is 113 cm³/mol. The van der Waals surface area contributed by atoms with Gasteiger partial charge in [0.15, 0.2) is 6.29 Å². The van der Waals surface area contributed by atoms with Crippen molar-refractivity contribution in [2.24, 2.45) is 0 Å². The third kappa shape index (κ3) is 5.97. The van der Waals surface area contributed by atoms with E-state index in [-0.39, 0.29) is 19.8 Å². The lowest BCUT2D eigenvalue weighted by Gasteiger charge is -2.21. The molecule has 1 heterocycles. The SMILES string of the molecule is CO[C@H]1O[C@H](COCc2cc(Cl)ccc2Cl)[C@@H](OCc2ccc(Cl)cc2Cl)[C@H]1O. The molecule has 0 unspecified atom stereocenters. The van der Waals surface area contributed by atoms with Crippen LogP contribution in [0.2, 0.25) is 20.1 Å². The maximum Gasteiger partial charge on any atom is 0.186 e. The molecule has 1 aliphatic rings. The largest absolute Gasteiger partial charge is 0.385 e. The van der Waals surface area contributed by atoms with E-state index in [4.69, 9.17) is 65.4 Å². The van der Waals surface area contributed by atoms with E-state index in [0.29, 0.717) is 20.1 Å². The summed E-state index contributed by atoms with van der Waals surface area (Å²) in [4.78, 5) is 0. The first-order valence-corrected chi connectivity index (χ1v) is 10.3. The summed E-state index contributed by atoms with van der Waals surface area (Å²) in [6, 6.07) is 10.3. The average Bonchev–Trinajstić information content (AvgIpc) is 2.99. The molecule has 0 amide bonds. The minimum Gasteiger partial charge on any atom is -0.385 e. The van der Waals surface area contributed by atoms with Crippen LogP contribution in [0.5, 0.6) is 0 Å². The molecule has 0 spiro atoms. The third-order valence-electron chi connectivity index (χ3n) is 4.52. The number of methoxy groups -OCH3 is 1. The highest BCUT2D eigenvalue weighted by molar-refractivity contribution is 6.35. The van der Waals surface area contributed by atoms with Crippen LogP contribution in [-0.4, -0.2) is 43.4 Å². The van der Waals surface area contributed by atoms with Crippen molar-refractivity contribution in [2.75, 3.05) is 13.7 Å². The van der Waals surface area contributed by atoms with Gasteiger partial charge >= 0.3 is 0 Å². The number of rotatable bonds is 8. The first-order valence-electron chi connectivity index (χ1n) is 8.82. The predicted octanol–water partition coefficient (Wildman–Crippen LogP) is 5.13. The molecule has 2 aromatic carbocycles. The fraction of sp³-hybridized carbons (Fsp3) is 0.400. The minimum atomic E-state index is -0.977. The van der Waals surface area contributed by atoms with Crippen molar-refractivity contribution >= 4 is 46.4 Å². The van der Waals surface area contributed by atoms with Crippen molar-refractivity contribution in [1.29, 1.82) is 0 Å². The molecule has 9 heteroatoms. The number of halogens is 4. The van der Waals surface area contributed by atoms with E-state index < -0.39 is 24.6 Å². The van der Waals surface area contributed by atoms with Gasteiger partial charge in [-0.2, -0.15) is 0 Å². The Hall–Kier alpha value is -0.600. The molecule has 1 N–H and O–H groups in total. The summed E-state index contributed by atoms with van der Waals surface area (Å²) in [5.74, 6) is 0. The van der Waals surface area contributed by atoms with Crippen LogP contribution in [0.25, 0.3) is 0 Å². The molecule has 1 saturated heterocycles. The maximum absolute atomic E-state index is 10.5. The van der Waals surface area contributed by atoms with E-state index in [1.807, 2.05) is 0 Å². The van der Waals surface area contributed by atoms with Crippen LogP contribution in [0, 0.1) is 0 Å². The zero-order valence-corrected chi connectivity index (χ0v) is 18.5. The Kier molecular flexibility index (Phi) is 8.45. The van der Waals surface area contributed by atoms with Gasteiger partial charge in [-0.15, -0.1) is 0 Å². The lowest BCUT2D eigenvalue weighted by atomic mass is 10.1. The van der Waals surface area contributed by atoms with Gasteiger partial charge in [0.25, 0.3) is 0 Å². The molecule has 1 aliphatic heterocycles. The van der Waals surface area contributed by atoms with E-state index in [2.05, 4.69) is 0 Å². The summed E-state index contributed by atoms with van der Waals surface area (Å²) < 4.78 is 22.6. The summed E-state index contributed by atoms with van der Waals surface area (Å²) in [7, 11) is 1.45. The fourth-order valence-corrected chi connectivity index (χ4v) is 3.83. The van der Waals surface area contributed by atoms with E-state index >= 15 is 0 Å². The van der Waals surface area contributed by atoms with Gasteiger partial charge in [0.05, 0.1) is 19.8 Å². The second-order valence-electron chi connectivity index (χ2n) is 6.53. The Labute approximate surface area is 189 Å². The van der Waals surface area contributed by atoms with E-state index in [9.17, 15) is 5.11 Å². The second kappa shape index (κ2) is 10.6. The monoisotopic (exact) mass is 480 g/mol. The summed E-state index contributed by atoms with van der Waals surface area (Å²) in [5, 5.41) is 12.6. The summed E-state index contributed by atoms with van der Waals surface area (Å²) >= 11 is 24.3. The van der Waals surface area contributed by atoms with Crippen molar-refractivity contribution in [1.82, 2.24) is 0 Å². The smallest absolute Gasteiger partial charge is 0.186 e. The molecule has 0 bridgehead atoms. The molecule has 158 valence electrons.